The summed E-state index contributed by atoms with van der Waals surface area (Å²) in [6.45, 7) is 3.97. The highest BCUT2D eigenvalue weighted by Crippen LogP contribution is 2.35. The lowest BCUT2D eigenvalue weighted by molar-refractivity contribution is -0.0721. The van der Waals surface area contributed by atoms with Crippen LogP contribution in [0.1, 0.15) is 35.2 Å². The lowest BCUT2D eigenvalue weighted by Gasteiger charge is -2.38. The number of aryl methyl sites for hydroxylation is 1. The summed E-state index contributed by atoms with van der Waals surface area (Å²) in [5.41, 5.74) is 1.36. The minimum atomic E-state index is -0.278. The minimum Gasteiger partial charge on any atom is -0.472 e. The second kappa shape index (κ2) is 6.48. The molecule has 0 unspecified atom stereocenters. The second-order valence-electron chi connectivity index (χ2n) is 6.94. The van der Waals surface area contributed by atoms with Crippen LogP contribution in [0.4, 0.5) is 5.95 Å². The molecule has 0 aromatic carbocycles. The molecular weight excluding hydrogens is 320 g/mol. The molecule has 25 heavy (non-hydrogen) atoms. The van der Waals surface area contributed by atoms with Crippen molar-refractivity contribution in [2.24, 2.45) is 0 Å². The standard InChI is InChI=1S/C18H22N4O3/c1-13-9-19-17(20-10-13)21-15-3-7-25-18(8-15)4-5-22(12-18)16(23)14-2-6-24-11-14/h2,6,9-11,15H,3-5,7-8,12H2,1H3,(H,19,20,21)/t15-,18-/m1/s1. The van der Waals surface area contributed by atoms with Crippen LogP contribution in [0.25, 0.3) is 0 Å². The highest BCUT2D eigenvalue weighted by molar-refractivity contribution is 5.94. The maximum Gasteiger partial charge on any atom is 0.257 e. The fourth-order valence-electron chi connectivity index (χ4n) is 3.67. The molecule has 132 valence electrons. The van der Waals surface area contributed by atoms with Crippen LogP contribution >= 0.6 is 0 Å². The molecule has 2 aromatic rings. The van der Waals surface area contributed by atoms with Gasteiger partial charge >= 0.3 is 0 Å². The predicted molar refractivity (Wildman–Crippen MR) is 91.3 cm³/mol. The quantitative estimate of drug-likeness (QED) is 0.921. The van der Waals surface area contributed by atoms with E-state index in [4.69, 9.17) is 9.15 Å². The van der Waals surface area contributed by atoms with Gasteiger partial charge in [0.05, 0.1) is 24.0 Å². The summed E-state index contributed by atoms with van der Waals surface area (Å²) >= 11 is 0. The number of carbonyl (C=O) groups is 1. The highest BCUT2D eigenvalue weighted by Gasteiger charge is 2.45. The number of furan rings is 1. The maximum absolute atomic E-state index is 12.5. The van der Waals surface area contributed by atoms with Gasteiger partial charge < -0.3 is 19.4 Å². The van der Waals surface area contributed by atoms with Crippen molar-refractivity contribution in [3.8, 4) is 0 Å². The summed E-state index contributed by atoms with van der Waals surface area (Å²) in [4.78, 5) is 23.0. The molecule has 2 fully saturated rings. The van der Waals surface area contributed by atoms with Gasteiger partial charge in [-0.05, 0) is 37.8 Å². The van der Waals surface area contributed by atoms with Crippen molar-refractivity contribution >= 4 is 11.9 Å². The zero-order valence-corrected chi connectivity index (χ0v) is 14.3. The summed E-state index contributed by atoms with van der Waals surface area (Å²) in [5, 5.41) is 3.41. The van der Waals surface area contributed by atoms with Crippen molar-refractivity contribution in [3.63, 3.8) is 0 Å². The van der Waals surface area contributed by atoms with Gasteiger partial charge in [-0.2, -0.15) is 0 Å². The first-order valence-electron chi connectivity index (χ1n) is 8.64. The molecule has 1 spiro atoms. The lowest BCUT2D eigenvalue weighted by atomic mass is 9.89. The first-order chi connectivity index (χ1) is 12.1. The van der Waals surface area contributed by atoms with Gasteiger partial charge in [0.1, 0.15) is 6.26 Å². The molecule has 7 heteroatoms. The van der Waals surface area contributed by atoms with E-state index in [1.807, 2.05) is 24.2 Å². The van der Waals surface area contributed by atoms with Crippen LogP contribution in [0, 0.1) is 6.92 Å². The van der Waals surface area contributed by atoms with Crippen molar-refractivity contribution < 1.29 is 13.9 Å². The Morgan fingerprint density at radius 3 is 3.00 bits per heavy atom. The number of amides is 1. The largest absolute Gasteiger partial charge is 0.472 e. The second-order valence-corrected chi connectivity index (χ2v) is 6.94. The molecule has 2 saturated heterocycles. The third-order valence-electron chi connectivity index (χ3n) is 4.98. The number of nitrogens with one attached hydrogen (secondary N) is 1. The average molecular weight is 342 g/mol. The molecule has 1 amide bonds. The van der Waals surface area contributed by atoms with E-state index in [-0.39, 0.29) is 17.6 Å². The number of likely N-dealkylation sites (tertiary alicyclic amines) is 1. The smallest absolute Gasteiger partial charge is 0.257 e. The third kappa shape index (κ3) is 3.37. The Kier molecular flexibility index (Phi) is 4.17. The van der Waals surface area contributed by atoms with E-state index >= 15 is 0 Å². The fourth-order valence-corrected chi connectivity index (χ4v) is 3.67. The van der Waals surface area contributed by atoms with Crippen molar-refractivity contribution in [1.29, 1.82) is 0 Å². The Balaban J connectivity index is 1.40. The molecule has 0 saturated carbocycles. The molecule has 2 aromatic heterocycles. The molecule has 2 atom stereocenters. The monoisotopic (exact) mass is 342 g/mol. The zero-order valence-electron chi connectivity index (χ0n) is 14.3. The molecule has 7 nitrogen and oxygen atoms in total. The zero-order chi connectivity index (χ0) is 17.3. The van der Waals surface area contributed by atoms with Crippen LogP contribution in [0.5, 0.6) is 0 Å². The number of hydrogen-bond donors (Lipinski definition) is 1. The van der Waals surface area contributed by atoms with Gasteiger partial charge in [-0.25, -0.2) is 9.97 Å². The van der Waals surface area contributed by atoms with Gasteiger partial charge in [0.2, 0.25) is 5.95 Å². The van der Waals surface area contributed by atoms with Gasteiger partial charge in [0.15, 0.2) is 0 Å². The van der Waals surface area contributed by atoms with E-state index in [2.05, 4.69) is 15.3 Å². The van der Waals surface area contributed by atoms with E-state index < -0.39 is 0 Å². The maximum atomic E-state index is 12.5. The predicted octanol–water partition coefficient (Wildman–Crippen LogP) is 2.25. The first-order valence-corrected chi connectivity index (χ1v) is 8.64. The Labute approximate surface area is 146 Å². The number of ether oxygens (including phenoxy) is 1. The van der Waals surface area contributed by atoms with E-state index in [0.717, 1.165) is 24.8 Å². The van der Waals surface area contributed by atoms with Crippen LogP contribution in [-0.4, -0.2) is 52.1 Å². The fraction of sp³-hybridized carbons (Fsp3) is 0.500. The number of hydrogen-bond acceptors (Lipinski definition) is 6. The summed E-state index contributed by atoms with van der Waals surface area (Å²) in [5.74, 6) is 0.656. The Morgan fingerprint density at radius 2 is 2.24 bits per heavy atom. The van der Waals surface area contributed by atoms with Gasteiger partial charge in [-0.15, -0.1) is 0 Å². The minimum absolute atomic E-state index is 0.00572. The third-order valence-corrected chi connectivity index (χ3v) is 4.98. The molecule has 2 aliphatic heterocycles. The van der Waals surface area contributed by atoms with Gasteiger partial charge in [0.25, 0.3) is 5.91 Å². The van der Waals surface area contributed by atoms with Crippen LogP contribution in [0.2, 0.25) is 0 Å². The Bertz CT molecular complexity index is 731. The van der Waals surface area contributed by atoms with Crippen molar-refractivity contribution in [1.82, 2.24) is 14.9 Å². The number of nitrogens with zero attached hydrogens (tertiary/aromatic N) is 3. The van der Waals surface area contributed by atoms with Crippen molar-refractivity contribution in [3.05, 3.63) is 42.1 Å². The van der Waals surface area contributed by atoms with Gasteiger partial charge in [-0.1, -0.05) is 0 Å². The number of anilines is 1. The highest BCUT2D eigenvalue weighted by atomic mass is 16.5. The van der Waals surface area contributed by atoms with E-state index in [1.165, 1.54) is 12.5 Å². The topological polar surface area (TPSA) is 80.5 Å². The van der Waals surface area contributed by atoms with E-state index in [9.17, 15) is 4.79 Å². The van der Waals surface area contributed by atoms with E-state index in [1.54, 1.807) is 6.07 Å². The summed E-state index contributed by atoms with van der Waals surface area (Å²) in [6, 6.07) is 1.95. The average Bonchev–Trinajstić information content (AvgIpc) is 3.27. The first kappa shape index (κ1) is 16.1. The Morgan fingerprint density at radius 1 is 1.40 bits per heavy atom. The molecule has 4 rings (SSSR count). The summed E-state index contributed by atoms with van der Waals surface area (Å²) in [6.07, 6.45) is 9.25. The van der Waals surface area contributed by atoms with Crippen LogP contribution in [-0.2, 0) is 4.74 Å². The van der Waals surface area contributed by atoms with Gasteiger partial charge in [0, 0.05) is 31.6 Å². The normalized spacial score (nSPS) is 26.1. The lowest BCUT2D eigenvalue weighted by Crippen LogP contribution is -2.47. The van der Waals surface area contributed by atoms with Gasteiger partial charge in [-0.3, -0.25) is 4.79 Å². The molecule has 0 aliphatic carbocycles. The van der Waals surface area contributed by atoms with E-state index in [0.29, 0.717) is 31.2 Å². The Hall–Kier alpha value is -2.41. The van der Waals surface area contributed by atoms with Crippen LogP contribution in [0.15, 0.2) is 35.4 Å². The molecule has 4 heterocycles. The van der Waals surface area contributed by atoms with Crippen molar-refractivity contribution in [2.45, 2.75) is 37.8 Å². The number of aromatic nitrogens is 2. The molecular formula is C18H22N4O3. The SMILES string of the molecule is Cc1cnc(N[C@@H]2CCO[C@]3(CCN(C(=O)c4ccoc4)C3)C2)nc1. The van der Waals surface area contributed by atoms with Crippen LogP contribution in [0.3, 0.4) is 0 Å². The summed E-state index contributed by atoms with van der Waals surface area (Å²) < 4.78 is 11.1. The van der Waals surface area contributed by atoms with Crippen molar-refractivity contribution in [2.75, 3.05) is 25.0 Å². The summed E-state index contributed by atoms with van der Waals surface area (Å²) in [7, 11) is 0. The molecule has 1 N–H and O–H groups in total. The molecule has 0 radical (unpaired) electrons. The molecule has 0 bridgehead atoms. The molecule has 2 aliphatic rings. The number of carbonyl (C=O) groups excluding carboxylic acids is 1. The number of rotatable bonds is 3. The van der Waals surface area contributed by atoms with Crippen LogP contribution < -0.4 is 5.32 Å².